The van der Waals surface area contributed by atoms with Crippen LogP contribution in [0.3, 0.4) is 0 Å². The van der Waals surface area contributed by atoms with Gasteiger partial charge in [-0.15, -0.1) is 10.2 Å². The van der Waals surface area contributed by atoms with Crippen LogP contribution < -0.4 is 10.6 Å². The second kappa shape index (κ2) is 7.05. The number of urea groups is 1. The summed E-state index contributed by atoms with van der Waals surface area (Å²) in [5, 5.41) is 13.0. The van der Waals surface area contributed by atoms with Crippen LogP contribution in [-0.2, 0) is 16.6 Å². The zero-order chi connectivity index (χ0) is 16.0. The van der Waals surface area contributed by atoms with Crippen LogP contribution in [0.2, 0.25) is 0 Å². The lowest BCUT2D eigenvalue weighted by Gasteiger charge is -2.19. The molecule has 21 heavy (non-hydrogen) atoms. The van der Waals surface area contributed by atoms with Crippen LogP contribution in [0, 0.1) is 0 Å². The van der Waals surface area contributed by atoms with E-state index < -0.39 is 5.60 Å². The maximum atomic E-state index is 11.7. The van der Waals surface area contributed by atoms with Gasteiger partial charge >= 0.3 is 12.0 Å². The van der Waals surface area contributed by atoms with Gasteiger partial charge in [-0.1, -0.05) is 0 Å². The Morgan fingerprint density at radius 1 is 1.43 bits per heavy atom. The van der Waals surface area contributed by atoms with Crippen molar-refractivity contribution in [1.82, 2.24) is 25.4 Å². The summed E-state index contributed by atoms with van der Waals surface area (Å²) in [6, 6.07) is -0.645. The highest BCUT2D eigenvalue weighted by atomic mass is 16.6. The highest BCUT2D eigenvalue weighted by Crippen LogP contribution is 2.08. The van der Waals surface area contributed by atoms with E-state index in [-0.39, 0.29) is 31.0 Å². The van der Waals surface area contributed by atoms with Crippen molar-refractivity contribution in [3.8, 4) is 0 Å². The summed E-state index contributed by atoms with van der Waals surface area (Å²) in [5.74, 6) is 0.307. The van der Waals surface area contributed by atoms with E-state index >= 15 is 0 Å². The Morgan fingerprint density at radius 3 is 2.62 bits per heavy atom. The zero-order valence-electron chi connectivity index (χ0n) is 13.1. The van der Waals surface area contributed by atoms with Gasteiger partial charge < -0.3 is 19.9 Å². The molecule has 0 radical (unpaired) electrons. The van der Waals surface area contributed by atoms with Gasteiger partial charge in [0, 0.05) is 13.6 Å². The number of ether oxygens (including phenoxy) is 1. The molecule has 2 amide bonds. The Kier molecular flexibility index (Phi) is 5.69. The molecule has 0 spiro atoms. The Balaban J connectivity index is 2.29. The van der Waals surface area contributed by atoms with Crippen LogP contribution in [0.4, 0.5) is 4.79 Å². The maximum Gasteiger partial charge on any atom is 0.315 e. The van der Waals surface area contributed by atoms with Gasteiger partial charge in [0.1, 0.15) is 11.9 Å². The van der Waals surface area contributed by atoms with Gasteiger partial charge in [0.05, 0.1) is 12.5 Å². The Morgan fingerprint density at radius 2 is 2.10 bits per heavy atom. The van der Waals surface area contributed by atoms with Gasteiger partial charge in [-0.25, -0.2) is 4.79 Å². The SMILES string of the molecule is C[C@@H](NC(=O)NCCC(=O)OC(C)(C)C)c1nncn1C. The molecule has 0 aromatic carbocycles. The average Bonchev–Trinajstić information content (AvgIpc) is 2.72. The molecule has 0 bridgehead atoms. The number of hydrogen-bond acceptors (Lipinski definition) is 5. The minimum absolute atomic E-state index is 0.128. The number of nitrogens with one attached hydrogen (secondary N) is 2. The molecule has 1 aromatic rings. The van der Waals surface area contributed by atoms with E-state index in [1.54, 1.807) is 45.6 Å². The molecule has 0 fully saturated rings. The van der Waals surface area contributed by atoms with Crippen molar-refractivity contribution in [3.05, 3.63) is 12.2 Å². The second-order valence-electron chi connectivity index (χ2n) is 5.76. The first-order chi connectivity index (χ1) is 9.69. The number of rotatable bonds is 5. The molecule has 0 aliphatic heterocycles. The molecule has 8 nitrogen and oxygen atoms in total. The smallest absolute Gasteiger partial charge is 0.315 e. The molecule has 1 aromatic heterocycles. The van der Waals surface area contributed by atoms with Crippen LogP contribution in [0.1, 0.15) is 46.0 Å². The maximum absolute atomic E-state index is 11.7. The number of nitrogens with zero attached hydrogens (tertiary/aromatic N) is 3. The van der Waals surface area contributed by atoms with Gasteiger partial charge in [-0.2, -0.15) is 0 Å². The molecule has 1 heterocycles. The van der Waals surface area contributed by atoms with Crippen LogP contribution in [0.25, 0.3) is 0 Å². The minimum atomic E-state index is -0.515. The lowest BCUT2D eigenvalue weighted by molar-refractivity contribution is -0.154. The van der Waals surface area contributed by atoms with Crippen molar-refractivity contribution in [2.24, 2.45) is 7.05 Å². The van der Waals surface area contributed by atoms with Gasteiger partial charge in [-0.3, -0.25) is 4.79 Å². The first-order valence-electron chi connectivity index (χ1n) is 6.79. The first-order valence-corrected chi connectivity index (χ1v) is 6.79. The lowest BCUT2D eigenvalue weighted by Crippen LogP contribution is -2.39. The standard InChI is InChI=1S/C13H23N5O3/c1-9(11-17-15-8-18(11)5)16-12(20)14-7-6-10(19)21-13(2,3)4/h8-9H,6-7H2,1-5H3,(H2,14,16,20)/t9-/m1/s1. The molecule has 0 unspecified atom stereocenters. The number of hydrogen-bond donors (Lipinski definition) is 2. The van der Waals surface area contributed by atoms with Crippen LogP contribution in [-0.4, -0.2) is 38.9 Å². The van der Waals surface area contributed by atoms with Gasteiger partial charge in [0.2, 0.25) is 0 Å². The summed E-state index contributed by atoms with van der Waals surface area (Å²) >= 11 is 0. The van der Waals surface area contributed by atoms with Crippen LogP contribution in [0.5, 0.6) is 0 Å². The molecule has 0 aliphatic rings. The van der Waals surface area contributed by atoms with Crippen molar-refractivity contribution in [2.45, 2.75) is 45.8 Å². The minimum Gasteiger partial charge on any atom is -0.460 e. The van der Waals surface area contributed by atoms with Crippen molar-refractivity contribution in [2.75, 3.05) is 6.54 Å². The molecule has 0 aliphatic carbocycles. The average molecular weight is 297 g/mol. The first kappa shape index (κ1) is 16.9. The van der Waals surface area contributed by atoms with Crippen molar-refractivity contribution >= 4 is 12.0 Å². The molecule has 1 rings (SSSR count). The van der Waals surface area contributed by atoms with Gasteiger partial charge in [0.15, 0.2) is 5.82 Å². The van der Waals surface area contributed by atoms with Crippen molar-refractivity contribution < 1.29 is 14.3 Å². The monoisotopic (exact) mass is 297 g/mol. The normalized spacial score (nSPS) is 12.6. The van der Waals surface area contributed by atoms with E-state index in [2.05, 4.69) is 20.8 Å². The second-order valence-corrected chi connectivity index (χ2v) is 5.76. The number of carbonyl (C=O) groups excluding carboxylic acids is 2. The van der Waals surface area contributed by atoms with Crippen molar-refractivity contribution in [3.63, 3.8) is 0 Å². The third kappa shape index (κ3) is 6.24. The fraction of sp³-hybridized carbons (Fsp3) is 0.692. The highest BCUT2D eigenvalue weighted by Gasteiger charge is 2.17. The van der Waals surface area contributed by atoms with E-state index in [1.807, 2.05) is 0 Å². The molecule has 118 valence electrons. The quantitative estimate of drug-likeness (QED) is 0.787. The molecular weight excluding hydrogens is 274 g/mol. The molecule has 0 saturated heterocycles. The number of aryl methyl sites for hydroxylation is 1. The van der Waals surface area contributed by atoms with Gasteiger partial charge in [-0.05, 0) is 27.7 Å². The summed E-state index contributed by atoms with van der Waals surface area (Å²) in [4.78, 5) is 23.2. The fourth-order valence-electron chi connectivity index (χ4n) is 1.67. The Labute approximate surface area is 124 Å². The van der Waals surface area contributed by atoms with Crippen LogP contribution in [0.15, 0.2) is 6.33 Å². The van der Waals surface area contributed by atoms with E-state index in [4.69, 9.17) is 4.74 Å². The molecule has 8 heteroatoms. The topological polar surface area (TPSA) is 98.1 Å². The number of aromatic nitrogens is 3. The summed E-state index contributed by atoms with van der Waals surface area (Å²) in [6.45, 7) is 7.42. The predicted octanol–water partition coefficient (Wildman–Crippen LogP) is 0.907. The third-order valence-electron chi connectivity index (χ3n) is 2.52. The van der Waals surface area contributed by atoms with E-state index in [9.17, 15) is 9.59 Å². The number of esters is 1. The third-order valence-corrected chi connectivity index (χ3v) is 2.52. The summed E-state index contributed by atoms with van der Waals surface area (Å²) in [5.41, 5.74) is -0.515. The Hall–Kier alpha value is -2.12. The lowest BCUT2D eigenvalue weighted by atomic mass is 10.2. The predicted molar refractivity (Wildman–Crippen MR) is 76.4 cm³/mol. The van der Waals surface area contributed by atoms with E-state index in [1.165, 1.54) is 0 Å². The number of carbonyl (C=O) groups is 2. The largest absolute Gasteiger partial charge is 0.460 e. The fourth-order valence-corrected chi connectivity index (χ4v) is 1.67. The summed E-state index contributed by atoms with van der Waals surface area (Å²) in [6.07, 6.45) is 1.69. The van der Waals surface area contributed by atoms with Gasteiger partial charge in [0.25, 0.3) is 0 Å². The van der Waals surface area contributed by atoms with Crippen molar-refractivity contribution in [1.29, 1.82) is 0 Å². The molecule has 2 N–H and O–H groups in total. The Bertz CT molecular complexity index is 492. The number of amides is 2. The molecular formula is C13H23N5O3. The summed E-state index contributed by atoms with van der Waals surface area (Å²) < 4.78 is 6.87. The zero-order valence-corrected chi connectivity index (χ0v) is 13.1. The molecule has 0 saturated carbocycles. The molecule has 1 atom stereocenters. The highest BCUT2D eigenvalue weighted by molar-refractivity contribution is 5.75. The van der Waals surface area contributed by atoms with Crippen LogP contribution >= 0.6 is 0 Å². The van der Waals surface area contributed by atoms with E-state index in [0.29, 0.717) is 5.82 Å². The van der Waals surface area contributed by atoms with E-state index in [0.717, 1.165) is 0 Å². The summed E-state index contributed by atoms with van der Waals surface area (Å²) in [7, 11) is 1.80.